The summed E-state index contributed by atoms with van der Waals surface area (Å²) in [6.07, 6.45) is 7.08. The van der Waals surface area contributed by atoms with Gasteiger partial charge in [0.05, 0.1) is 21.6 Å². The number of alkyl halides is 1. The number of benzene rings is 3. The van der Waals surface area contributed by atoms with Gasteiger partial charge in [0.2, 0.25) is 0 Å². The quantitative estimate of drug-likeness (QED) is 0.0726. The summed E-state index contributed by atoms with van der Waals surface area (Å²) in [6, 6.07) is 20.0. The molecule has 326 valence electrons. The molecule has 2 saturated heterocycles. The van der Waals surface area contributed by atoms with Crippen molar-refractivity contribution in [2.45, 2.75) is 50.5 Å². The summed E-state index contributed by atoms with van der Waals surface area (Å²) >= 11 is 6.24. The van der Waals surface area contributed by atoms with Gasteiger partial charge in [-0.1, -0.05) is 43.2 Å². The largest absolute Gasteiger partial charge is 0.455 e. The number of carbonyl (C=O) groups is 1. The van der Waals surface area contributed by atoms with Crippen LogP contribution in [-0.2, 0) is 10.0 Å². The van der Waals surface area contributed by atoms with Crippen LogP contribution in [0, 0.1) is 15.5 Å². The number of carbonyl (C=O) groups excluding carboxylic acids is 1. The van der Waals surface area contributed by atoms with E-state index in [9.17, 15) is 27.7 Å². The van der Waals surface area contributed by atoms with E-state index in [0.717, 1.165) is 61.1 Å². The molecule has 2 aliphatic heterocycles. The highest BCUT2D eigenvalue weighted by molar-refractivity contribution is 7.90. The first-order valence-corrected chi connectivity index (χ1v) is 22.7. The topological polar surface area (TPSA) is 166 Å². The lowest BCUT2D eigenvalue weighted by Gasteiger charge is -2.39. The Morgan fingerprint density at radius 2 is 1.82 bits per heavy atom. The van der Waals surface area contributed by atoms with E-state index in [-0.39, 0.29) is 35.0 Å². The van der Waals surface area contributed by atoms with E-state index in [1.807, 2.05) is 23.1 Å². The number of ether oxygens (including phenoxy) is 1. The molecule has 4 heterocycles. The van der Waals surface area contributed by atoms with Crippen LogP contribution >= 0.6 is 11.6 Å². The molecule has 5 aromatic rings. The highest BCUT2D eigenvalue weighted by Crippen LogP contribution is 2.43. The van der Waals surface area contributed by atoms with Crippen molar-refractivity contribution in [3.63, 3.8) is 0 Å². The molecular weight excluding hydrogens is 835 g/mol. The number of nitrogens with zero attached hydrogens (tertiary/aromatic N) is 5. The minimum atomic E-state index is -4.59. The molecule has 2 fully saturated rings. The van der Waals surface area contributed by atoms with Crippen molar-refractivity contribution < 1.29 is 27.3 Å². The molecule has 2 aromatic heterocycles. The number of anilines is 2. The van der Waals surface area contributed by atoms with Crippen LogP contribution in [0.2, 0.25) is 5.02 Å². The van der Waals surface area contributed by atoms with Crippen molar-refractivity contribution in [1.82, 2.24) is 24.5 Å². The van der Waals surface area contributed by atoms with Crippen LogP contribution in [0.25, 0.3) is 16.6 Å². The summed E-state index contributed by atoms with van der Waals surface area (Å²) in [5.41, 5.74) is 5.36. The number of halogens is 2. The van der Waals surface area contributed by atoms with E-state index in [2.05, 4.69) is 55.8 Å². The lowest BCUT2D eigenvalue weighted by Crippen LogP contribution is -2.47. The minimum absolute atomic E-state index is 0.0566. The first-order chi connectivity index (χ1) is 29.7. The first-order valence-electron chi connectivity index (χ1n) is 20.8. The molecule has 0 spiro atoms. The number of likely N-dealkylation sites (tertiary alicyclic amines) is 1. The molecule has 3 aromatic carbocycles. The number of nitro benzene ring substituents is 1. The van der Waals surface area contributed by atoms with E-state index < -0.39 is 38.1 Å². The second-order valence-corrected chi connectivity index (χ2v) is 19.2. The molecule has 0 bridgehead atoms. The number of allylic oxidation sites excluding steroid dienone is 1. The van der Waals surface area contributed by atoms with Gasteiger partial charge in [-0.2, -0.15) is 0 Å². The number of piperazine rings is 1. The number of sulfonamides is 1. The summed E-state index contributed by atoms with van der Waals surface area (Å²) in [5.74, 6) is -0.526. The number of aromatic nitrogens is 2. The lowest BCUT2D eigenvalue weighted by atomic mass is 9.72. The Morgan fingerprint density at radius 3 is 2.58 bits per heavy atom. The molecule has 0 radical (unpaired) electrons. The third-order valence-corrected chi connectivity index (χ3v) is 13.7. The molecule has 0 saturated carbocycles. The summed E-state index contributed by atoms with van der Waals surface area (Å²) in [5, 5.41) is 16.7. The fraction of sp³-hybridized carbons (Fsp3) is 0.378. The van der Waals surface area contributed by atoms with E-state index in [4.69, 9.17) is 16.3 Å². The Kier molecular flexibility index (Phi) is 12.5. The average molecular weight is 885 g/mol. The van der Waals surface area contributed by atoms with Crippen LogP contribution < -0.4 is 19.7 Å². The highest BCUT2D eigenvalue weighted by Gasteiger charge is 2.31. The lowest BCUT2D eigenvalue weighted by molar-refractivity contribution is -0.384. The van der Waals surface area contributed by atoms with Gasteiger partial charge in [-0.15, -0.1) is 0 Å². The van der Waals surface area contributed by atoms with Crippen molar-refractivity contribution in [1.29, 1.82) is 0 Å². The van der Waals surface area contributed by atoms with Gasteiger partial charge in [0.25, 0.3) is 21.6 Å². The second kappa shape index (κ2) is 18.0. The molecule has 8 rings (SSSR count). The number of pyridine rings is 1. The molecular formula is C45H50ClFN8O6S. The maximum atomic E-state index is 13.9. The third kappa shape index (κ3) is 9.88. The van der Waals surface area contributed by atoms with E-state index in [1.165, 1.54) is 41.1 Å². The minimum Gasteiger partial charge on any atom is -0.455 e. The number of nitro groups is 1. The van der Waals surface area contributed by atoms with Gasteiger partial charge < -0.3 is 19.9 Å². The first kappa shape index (κ1) is 43.1. The number of fused-ring (bicyclic) bond motifs is 1. The predicted molar refractivity (Wildman–Crippen MR) is 239 cm³/mol. The maximum absolute atomic E-state index is 13.9. The summed E-state index contributed by atoms with van der Waals surface area (Å²) in [4.78, 5) is 39.0. The Balaban J connectivity index is 1.00. The van der Waals surface area contributed by atoms with E-state index in [0.29, 0.717) is 44.0 Å². The SMILES string of the molecule is CC1(C)CCC(CN2CCN(c3ccc(C(=O)NS(=O)(=O)c4ccc(N[C@H]5CCN(CCF)C5)c([N+](=O)[O-])c4)c(Oc4cnc5[nH]ccc5c4)c3)CC2)=C(c2ccc(Cl)cc2)C1. The number of nitrogens with one attached hydrogen (secondary N) is 3. The van der Waals surface area contributed by atoms with Crippen LogP contribution in [0.5, 0.6) is 11.5 Å². The molecule has 1 amide bonds. The van der Waals surface area contributed by atoms with Crippen molar-refractivity contribution >= 4 is 61.2 Å². The van der Waals surface area contributed by atoms with Gasteiger partial charge in [-0.25, -0.2) is 22.5 Å². The number of H-pyrrole nitrogens is 1. The van der Waals surface area contributed by atoms with Gasteiger partial charge in [-0.05, 0) is 90.8 Å². The van der Waals surface area contributed by atoms with Gasteiger partial charge >= 0.3 is 0 Å². The van der Waals surface area contributed by atoms with Crippen LogP contribution in [-0.4, -0.2) is 104 Å². The van der Waals surface area contributed by atoms with Crippen LogP contribution in [0.1, 0.15) is 55.5 Å². The average Bonchev–Trinajstić information content (AvgIpc) is 3.91. The molecule has 3 N–H and O–H groups in total. The zero-order chi connectivity index (χ0) is 43.6. The van der Waals surface area contributed by atoms with E-state index in [1.54, 1.807) is 24.4 Å². The molecule has 1 aliphatic carbocycles. The fourth-order valence-electron chi connectivity index (χ4n) is 8.66. The number of amides is 1. The van der Waals surface area contributed by atoms with Crippen LogP contribution in [0.4, 0.5) is 21.5 Å². The molecule has 14 nitrogen and oxygen atoms in total. The molecule has 1 atom stereocenters. The number of rotatable bonds is 14. The normalized spacial score (nSPS) is 18.6. The predicted octanol–water partition coefficient (Wildman–Crippen LogP) is 8.28. The number of aromatic amines is 1. The number of hydrogen-bond acceptors (Lipinski definition) is 11. The van der Waals surface area contributed by atoms with Crippen molar-refractivity contribution in [2.75, 3.05) is 69.2 Å². The Hall–Kier alpha value is -5.55. The Bertz CT molecular complexity index is 2610. The summed E-state index contributed by atoms with van der Waals surface area (Å²) in [6.45, 7) is 9.49. The van der Waals surface area contributed by atoms with Crippen LogP contribution in [0.3, 0.4) is 0 Å². The summed E-state index contributed by atoms with van der Waals surface area (Å²) < 4.78 is 48.7. The van der Waals surface area contributed by atoms with Gasteiger partial charge in [0.1, 0.15) is 29.5 Å². The second-order valence-electron chi connectivity index (χ2n) is 17.1. The van der Waals surface area contributed by atoms with Crippen molar-refractivity contribution in [3.05, 3.63) is 117 Å². The zero-order valence-corrected chi connectivity index (χ0v) is 36.3. The maximum Gasteiger partial charge on any atom is 0.293 e. The standard InChI is InChI=1S/C45H50ClFN8O6S/c1-45(2)14-11-32(39(26-45)30-3-5-33(46)6-4-30)28-53-19-21-54(22-20-53)35-7-9-38(42(24-35)61-36-23-31-12-16-48-43(31)49-27-36)44(56)51-62(59,60)37-8-10-40(41(25-37)55(57)58)50-34-13-17-52(29-34)18-15-47/h3-10,12,16,23-25,27,34,50H,11,13-15,17-22,26,28-29H2,1-2H3,(H,48,49)(H,51,56)/t34-/m0/s1. The molecule has 62 heavy (non-hydrogen) atoms. The third-order valence-electron chi connectivity index (χ3n) is 12.1. The number of hydrogen-bond donors (Lipinski definition) is 3. The molecule has 0 unspecified atom stereocenters. The fourth-order valence-corrected chi connectivity index (χ4v) is 9.77. The molecule has 17 heteroatoms. The van der Waals surface area contributed by atoms with Crippen molar-refractivity contribution in [2.24, 2.45) is 5.41 Å². The van der Waals surface area contributed by atoms with Crippen LogP contribution in [0.15, 0.2) is 95.7 Å². The Labute approximate surface area is 365 Å². The summed E-state index contributed by atoms with van der Waals surface area (Å²) in [7, 11) is -4.59. The smallest absolute Gasteiger partial charge is 0.293 e. The molecule has 3 aliphatic rings. The Morgan fingerprint density at radius 1 is 1.03 bits per heavy atom. The highest BCUT2D eigenvalue weighted by atomic mass is 35.5. The van der Waals surface area contributed by atoms with Gasteiger partial charge in [0.15, 0.2) is 0 Å². The van der Waals surface area contributed by atoms with Gasteiger partial charge in [-0.3, -0.25) is 24.7 Å². The monoisotopic (exact) mass is 884 g/mol. The van der Waals surface area contributed by atoms with Gasteiger partial charge in [0, 0.05) is 92.8 Å². The van der Waals surface area contributed by atoms with E-state index >= 15 is 0 Å². The zero-order valence-electron chi connectivity index (χ0n) is 34.7. The van der Waals surface area contributed by atoms with Crippen molar-refractivity contribution in [3.8, 4) is 11.5 Å².